The second-order valence-corrected chi connectivity index (χ2v) is 9.84. The lowest BCUT2D eigenvalue weighted by Crippen LogP contribution is -2.50. The highest BCUT2D eigenvalue weighted by atomic mass is 35.5. The second-order valence-electron chi connectivity index (χ2n) is 8.38. The standard InChI is InChI=1S/C26H30N4OS.C4H7Cl/c1-3-20(2)19-28-25(31)24-15-18-32-26(29-23-11-9-22(10-12-23)13-16-27)30(24)17-14-21-7-5-4-6-8-21;1-3-4(2)5/h3-12,15,18,24H,1-2,13-14,16-17,19,27H2,(H,28,31);3H,1-2H3/b;4-3+. The van der Waals surface area contributed by atoms with Crippen molar-refractivity contribution in [1.29, 1.82) is 0 Å². The smallest absolute Gasteiger partial charge is 0.247 e. The molecule has 0 aromatic heterocycles. The van der Waals surface area contributed by atoms with E-state index in [9.17, 15) is 4.79 Å². The lowest BCUT2D eigenvalue weighted by atomic mass is 10.1. The molecular formula is C30H37ClN4OS. The topological polar surface area (TPSA) is 70.7 Å². The van der Waals surface area contributed by atoms with E-state index in [4.69, 9.17) is 22.3 Å². The van der Waals surface area contributed by atoms with E-state index in [-0.39, 0.29) is 5.91 Å². The third kappa shape index (κ3) is 10.8. The average Bonchev–Trinajstić information content (AvgIpc) is 2.92. The Morgan fingerprint density at radius 1 is 1.16 bits per heavy atom. The maximum Gasteiger partial charge on any atom is 0.247 e. The normalized spacial score (nSPS) is 16.1. The molecule has 1 atom stereocenters. The average molecular weight is 537 g/mol. The van der Waals surface area contributed by atoms with Crippen molar-refractivity contribution in [2.24, 2.45) is 10.7 Å². The van der Waals surface area contributed by atoms with Gasteiger partial charge in [-0.25, -0.2) is 4.99 Å². The number of allylic oxidation sites excluding steroid dienone is 2. The number of carbonyl (C=O) groups is 1. The zero-order valence-electron chi connectivity index (χ0n) is 21.7. The van der Waals surface area contributed by atoms with Crippen molar-refractivity contribution in [3.63, 3.8) is 0 Å². The van der Waals surface area contributed by atoms with Crippen molar-refractivity contribution < 1.29 is 4.79 Å². The van der Waals surface area contributed by atoms with Gasteiger partial charge in [-0.1, -0.05) is 91.1 Å². The molecule has 0 spiro atoms. The monoisotopic (exact) mass is 536 g/mol. The van der Waals surface area contributed by atoms with Crippen LogP contribution in [-0.2, 0) is 17.6 Å². The van der Waals surface area contributed by atoms with Gasteiger partial charge in [0.1, 0.15) is 6.04 Å². The molecule has 0 bridgehead atoms. The van der Waals surface area contributed by atoms with Gasteiger partial charge in [0, 0.05) is 18.1 Å². The molecule has 196 valence electrons. The zero-order chi connectivity index (χ0) is 27.0. The first kappa shape index (κ1) is 30.2. The Hall–Kier alpha value is -3.06. The molecule has 2 aromatic rings. The number of nitrogens with one attached hydrogen (secondary N) is 1. The molecule has 1 heterocycles. The highest BCUT2D eigenvalue weighted by Crippen LogP contribution is 2.26. The van der Waals surface area contributed by atoms with Crippen LogP contribution in [0, 0.1) is 0 Å². The predicted molar refractivity (Wildman–Crippen MR) is 161 cm³/mol. The molecule has 3 N–H and O–H groups in total. The third-order valence-corrected chi connectivity index (χ3v) is 6.59. The summed E-state index contributed by atoms with van der Waals surface area (Å²) in [5.74, 6) is -0.0800. The molecule has 5 nitrogen and oxygen atoms in total. The van der Waals surface area contributed by atoms with Crippen LogP contribution in [0.25, 0.3) is 0 Å². The largest absolute Gasteiger partial charge is 0.350 e. The van der Waals surface area contributed by atoms with Gasteiger partial charge in [-0.3, -0.25) is 4.79 Å². The fourth-order valence-electron chi connectivity index (χ4n) is 3.31. The highest BCUT2D eigenvalue weighted by molar-refractivity contribution is 8.16. The van der Waals surface area contributed by atoms with Crippen LogP contribution < -0.4 is 11.1 Å². The minimum Gasteiger partial charge on any atom is -0.350 e. The Balaban J connectivity index is 0.000000877. The summed E-state index contributed by atoms with van der Waals surface area (Å²) in [6.07, 6.45) is 7.08. The summed E-state index contributed by atoms with van der Waals surface area (Å²) in [4.78, 5) is 19.9. The number of hydrogen-bond acceptors (Lipinski definition) is 4. The number of aliphatic imine (C=N–C) groups is 1. The SMILES string of the molecule is C/C=C(\C)Cl.C=CC(=C)CNC(=O)C1C=CSC(=Nc2ccc(CCN)cc2)N1CCc1ccccc1. The molecule has 7 heteroatoms. The van der Waals surface area contributed by atoms with Crippen molar-refractivity contribution in [3.8, 4) is 0 Å². The van der Waals surface area contributed by atoms with Gasteiger partial charge in [0.25, 0.3) is 0 Å². The molecular weight excluding hydrogens is 500 g/mol. The maximum absolute atomic E-state index is 13.0. The van der Waals surface area contributed by atoms with Gasteiger partial charge in [-0.05, 0) is 73.6 Å². The van der Waals surface area contributed by atoms with Gasteiger partial charge < -0.3 is 16.0 Å². The van der Waals surface area contributed by atoms with E-state index in [1.807, 2.05) is 61.7 Å². The predicted octanol–water partition coefficient (Wildman–Crippen LogP) is 6.36. The molecule has 0 saturated heterocycles. The van der Waals surface area contributed by atoms with Crippen LogP contribution in [0.5, 0.6) is 0 Å². The Morgan fingerprint density at radius 2 is 1.81 bits per heavy atom. The number of rotatable bonds is 10. The van der Waals surface area contributed by atoms with Gasteiger partial charge in [0.2, 0.25) is 5.91 Å². The molecule has 37 heavy (non-hydrogen) atoms. The number of nitrogens with zero attached hydrogens (tertiary/aromatic N) is 2. The minimum atomic E-state index is -0.437. The van der Waals surface area contributed by atoms with Crippen molar-refractivity contribution in [2.45, 2.75) is 32.7 Å². The summed E-state index contributed by atoms with van der Waals surface area (Å²) < 4.78 is 0. The van der Waals surface area contributed by atoms with Crippen LogP contribution in [-0.4, -0.2) is 41.7 Å². The van der Waals surface area contributed by atoms with Gasteiger partial charge >= 0.3 is 0 Å². The fourth-order valence-corrected chi connectivity index (χ4v) is 4.15. The summed E-state index contributed by atoms with van der Waals surface area (Å²) in [6.45, 7) is 13.0. The maximum atomic E-state index is 13.0. The summed E-state index contributed by atoms with van der Waals surface area (Å²) in [5.41, 5.74) is 9.68. The van der Waals surface area contributed by atoms with Gasteiger partial charge in [0.05, 0.1) is 5.69 Å². The molecule has 1 aliphatic heterocycles. The highest BCUT2D eigenvalue weighted by Gasteiger charge is 2.29. The van der Waals surface area contributed by atoms with Crippen LogP contribution >= 0.6 is 23.4 Å². The Kier molecular flexibility index (Phi) is 13.6. The molecule has 0 radical (unpaired) electrons. The van der Waals surface area contributed by atoms with Crippen molar-refractivity contribution in [1.82, 2.24) is 10.2 Å². The first-order valence-electron chi connectivity index (χ1n) is 12.3. The molecule has 1 aliphatic rings. The summed E-state index contributed by atoms with van der Waals surface area (Å²) in [5, 5.41) is 6.55. The van der Waals surface area contributed by atoms with Crippen LogP contribution in [0.2, 0.25) is 0 Å². The van der Waals surface area contributed by atoms with Gasteiger partial charge in [0.15, 0.2) is 5.17 Å². The van der Waals surface area contributed by atoms with E-state index in [0.717, 1.165) is 34.3 Å². The van der Waals surface area contributed by atoms with E-state index in [1.165, 1.54) is 22.9 Å². The van der Waals surface area contributed by atoms with E-state index in [1.54, 1.807) is 6.08 Å². The number of benzene rings is 2. The molecule has 1 amide bonds. The number of nitrogens with two attached hydrogens (primary N) is 1. The Morgan fingerprint density at radius 3 is 2.41 bits per heavy atom. The number of thioether (sulfide) groups is 1. The van der Waals surface area contributed by atoms with Gasteiger partial charge in [-0.15, -0.1) is 0 Å². The van der Waals surface area contributed by atoms with Crippen molar-refractivity contribution in [2.75, 3.05) is 19.6 Å². The second kappa shape index (κ2) is 16.6. The lowest BCUT2D eigenvalue weighted by Gasteiger charge is -2.33. The van der Waals surface area contributed by atoms with E-state index in [0.29, 0.717) is 19.6 Å². The molecule has 1 unspecified atom stereocenters. The van der Waals surface area contributed by atoms with Crippen LogP contribution in [0.3, 0.4) is 0 Å². The summed E-state index contributed by atoms with van der Waals surface area (Å²) in [7, 11) is 0. The molecule has 3 rings (SSSR count). The Labute approximate surface area is 230 Å². The number of carbonyl (C=O) groups excluding carboxylic acids is 1. The van der Waals surface area contributed by atoms with Crippen LogP contribution in [0.15, 0.2) is 107 Å². The summed E-state index contributed by atoms with van der Waals surface area (Å²) in [6, 6.07) is 17.9. The third-order valence-electron chi connectivity index (χ3n) is 5.54. The van der Waals surface area contributed by atoms with Crippen LogP contribution in [0.4, 0.5) is 5.69 Å². The van der Waals surface area contributed by atoms with E-state index < -0.39 is 6.04 Å². The number of halogens is 1. The van der Waals surface area contributed by atoms with Crippen molar-refractivity contribution >= 4 is 40.1 Å². The molecule has 0 aliphatic carbocycles. The van der Waals surface area contributed by atoms with E-state index >= 15 is 0 Å². The number of amides is 1. The first-order valence-corrected chi connectivity index (χ1v) is 13.5. The minimum absolute atomic E-state index is 0.0800. The number of amidine groups is 1. The zero-order valence-corrected chi connectivity index (χ0v) is 23.3. The number of hydrogen-bond donors (Lipinski definition) is 2. The quantitative estimate of drug-likeness (QED) is 0.347. The molecule has 0 fully saturated rings. The van der Waals surface area contributed by atoms with Crippen molar-refractivity contribution in [3.05, 3.63) is 113 Å². The fraction of sp³-hybridized carbons (Fsp3) is 0.267. The summed E-state index contributed by atoms with van der Waals surface area (Å²) >= 11 is 6.85. The van der Waals surface area contributed by atoms with E-state index in [2.05, 4.69) is 47.6 Å². The van der Waals surface area contributed by atoms with Gasteiger partial charge in [-0.2, -0.15) is 0 Å². The molecule has 2 aromatic carbocycles. The Bertz CT molecular complexity index is 1110. The molecule has 0 saturated carbocycles. The first-order chi connectivity index (χ1) is 17.9. The van der Waals surface area contributed by atoms with Crippen LogP contribution in [0.1, 0.15) is 25.0 Å². The lowest BCUT2D eigenvalue weighted by molar-refractivity contribution is -0.123.